The molecular weight excluding hydrogens is 246 g/mol. The highest BCUT2D eigenvalue weighted by Crippen LogP contribution is 2.19. The highest BCUT2D eigenvalue weighted by Gasteiger charge is 2.12. The first kappa shape index (κ1) is 12.7. The van der Waals surface area contributed by atoms with E-state index in [2.05, 4.69) is 58.4 Å². The molecule has 0 spiro atoms. The van der Waals surface area contributed by atoms with Gasteiger partial charge in [-0.1, -0.05) is 54.6 Å². The Morgan fingerprint density at radius 1 is 0.950 bits per heavy atom. The second kappa shape index (κ2) is 5.78. The predicted octanol–water partition coefficient (Wildman–Crippen LogP) is 2.53. The van der Waals surface area contributed by atoms with Gasteiger partial charge in [0.05, 0.1) is 6.54 Å². The monoisotopic (exact) mass is 265 g/mol. The van der Waals surface area contributed by atoms with Gasteiger partial charge in [0.2, 0.25) is 0 Å². The summed E-state index contributed by atoms with van der Waals surface area (Å²) in [6, 6.07) is 19.2. The molecule has 2 aromatic carbocycles. The van der Waals surface area contributed by atoms with Crippen molar-refractivity contribution in [1.82, 2.24) is 4.90 Å². The van der Waals surface area contributed by atoms with Gasteiger partial charge < -0.3 is 10.6 Å². The van der Waals surface area contributed by atoms with E-state index in [9.17, 15) is 0 Å². The number of rotatable bonds is 4. The van der Waals surface area contributed by atoms with Crippen molar-refractivity contribution in [3.63, 3.8) is 0 Å². The average Bonchev–Trinajstić information content (AvgIpc) is 2.92. The van der Waals surface area contributed by atoms with Crippen LogP contribution < -0.4 is 5.73 Å². The van der Waals surface area contributed by atoms with Crippen LogP contribution in [0.2, 0.25) is 0 Å². The maximum Gasteiger partial charge on any atom is 0.191 e. The van der Waals surface area contributed by atoms with Crippen LogP contribution in [0.25, 0.3) is 11.1 Å². The smallest absolute Gasteiger partial charge is 0.191 e. The summed E-state index contributed by atoms with van der Waals surface area (Å²) in [6.45, 7) is 2.73. The Kier molecular flexibility index (Phi) is 3.68. The molecule has 0 aromatic heterocycles. The van der Waals surface area contributed by atoms with Crippen molar-refractivity contribution in [1.29, 1.82) is 0 Å². The zero-order valence-electron chi connectivity index (χ0n) is 11.5. The quantitative estimate of drug-likeness (QED) is 0.923. The largest absolute Gasteiger partial charge is 0.370 e. The molecule has 1 aliphatic rings. The SMILES string of the molecule is NC1=NCCN1CCc1ccc(-c2ccccc2)cc1. The molecule has 2 aromatic rings. The maximum absolute atomic E-state index is 5.82. The molecule has 2 N–H and O–H groups in total. The van der Waals surface area contributed by atoms with Gasteiger partial charge in [0.1, 0.15) is 0 Å². The van der Waals surface area contributed by atoms with Crippen LogP contribution in [-0.4, -0.2) is 30.5 Å². The van der Waals surface area contributed by atoms with E-state index in [4.69, 9.17) is 5.73 Å². The summed E-state index contributed by atoms with van der Waals surface area (Å²) < 4.78 is 0. The molecule has 0 fully saturated rings. The topological polar surface area (TPSA) is 41.6 Å². The first-order chi connectivity index (χ1) is 9.83. The second-order valence-corrected chi connectivity index (χ2v) is 5.04. The summed E-state index contributed by atoms with van der Waals surface area (Å²) in [4.78, 5) is 6.35. The lowest BCUT2D eigenvalue weighted by Gasteiger charge is -2.17. The summed E-state index contributed by atoms with van der Waals surface area (Å²) in [5.41, 5.74) is 9.68. The van der Waals surface area contributed by atoms with Crippen LogP contribution in [0, 0.1) is 0 Å². The molecule has 20 heavy (non-hydrogen) atoms. The van der Waals surface area contributed by atoms with Crippen LogP contribution in [0.3, 0.4) is 0 Å². The van der Waals surface area contributed by atoms with E-state index < -0.39 is 0 Å². The Morgan fingerprint density at radius 2 is 1.65 bits per heavy atom. The molecule has 0 amide bonds. The molecule has 1 aliphatic heterocycles. The van der Waals surface area contributed by atoms with Gasteiger partial charge >= 0.3 is 0 Å². The molecule has 0 saturated carbocycles. The molecule has 0 saturated heterocycles. The number of benzene rings is 2. The molecule has 0 bridgehead atoms. The zero-order valence-corrected chi connectivity index (χ0v) is 11.5. The highest BCUT2D eigenvalue weighted by molar-refractivity contribution is 5.79. The fourth-order valence-electron chi connectivity index (χ4n) is 2.48. The minimum atomic E-state index is 0.686. The van der Waals surface area contributed by atoms with Crippen molar-refractivity contribution in [2.75, 3.05) is 19.6 Å². The molecule has 102 valence electrons. The first-order valence-corrected chi connectivity index (χ1v) is 7.02. The van der Waals surface area contributed by atoms with E-state index in [-0.39, 0.29) is 0 Å². The molecule has 3 heteroatoms. The standard InChI is InChI=1S/C17H19N3/c18-17-19-11-13-20(17)12-10-14-6-8-16(9-7-14)15-4-2-1-3-5-15/h1-9H,10-13H2,(H2,18,19). The van der Waals surface area contributed by atoms with Crippen LogP contribution in [0.1, 0.15) is 5.56 Å². The number of guanidine groups is 1. The third kappa shape index (κ3) is 2.82. The van der Waals surface area contributed by atoms with Crippen molar-refractivity contribution in [3.8, 4) is 11.1 Å². The van der Waals surface area contributed by atoms with E-state index in [0.29, 0.717) is 5.96 Å². The maximum atomic E-state index is 5.82. The summed E-state index contributed by atoms with van der Waals surface area (Å²) in [5.74, 6) is 0.686. The number of nitrogens with two attached hydrogens (primary N) is 1. The molecule has 0 unspecified atom stereocenters. The van der Waals surface area contributed by atoms with Crippen molar-refractivity contribution in [2.24, 2.45) is 10.7 Å². The molecule has 0 aliphatic carbocycles. The van der Waals surface area contributed by atoms with Gasteiger partial charge in [0.15, 0.2) is 5.96 Å². The van der Waals surface area contributed by atoms with Crippen molar-refractivity contribution < 1.29 is 0 Å². The number of nitrogens with zero attached hydrogens (tertiary/aromatic N) is 2. The van der Waals surface area contributed by atoms with Gasteiger partial charge in [-0.25, -0.2) is 0 Å². The van der Waals surface area contributed by atoms with Gasteiger partial charge in [0.25, 0.3) is 0 Å². The Labute approximate surface area is 119 Å². The lowest BCUT2D eigenvalue weighted by molar-refractivity contribution is 0.457. The third-order valence-corrected chi connectivity index (χ3v) is 3.70. The number of hydrogen-bond donors (Lipinski definition) is 1. The Bertz CT molecular complexity index is 587. The number of aliphatic imine (C=N–C) groups is 1. The summed E-state index contributed by atoms with van der Waals surface area (Å²) in [5, 5.41) is 0. The van der Waals surface area contributed by atoms with Crippen LogP contribution in [-0.2, 0) is 6.42 Å². The minimum absolute atomic E-state index is 0.686. The second-order valence-electron chi connectivity index (χ2n) is 5.04. The molecule has 0 radical (unpaired) electrons. The first-order valence-electron chi connectivity index (χ1n) is 7.02. The van der Waals surface area contributed by atoms with E-state index in [1.807, 2.05) is 6.07 Å². The van der Waals surface area contributed by atoms with Crippen molar-refractivity contribution >= 4 is 5.96 Å². The normalized spacial score (nSPS) is 14.4. The minimum Gasteiger partial charge on any atom is -0.370 e. The Balaban J connectivity index is 1.63. The fraction of sp³-hybridized carbons (Fsp3) is 0.235. The molecular formula is C17H19N3. The van der Waals surface area contributed by atoms with Gasteiger partial charge in [-0.15, -0.1) is 0 Å². The van der Waals surface area contributed by atoms with Crippen LogP contribution in [0.5, 0.6) is 0 Å². The molecule has 3 nitrogen and oxygen atoms in total. The Hall–Kier alpha value is -2.29. The van der Waals surface area contributed by atoms with Gasteiger partial charge in [-0.2, -0.15) is 0 Å². The predicted molar refractivity (Wildman–Crippen MR) is 83.6 cm³/mol. The van der Waals surface area contributed by atoms with Crippen molar-refractivity contribution in [3.05, 3.63) is 60.2 Å². The summed E-state index contributed by atoms with van der Waals surface area (Å²) >= 11 is 0. The van der Waals surface area contributed by atoms with E-state index >= 15 is 0 Å². The van der Waals surface area contributed by atoms with Crippen LogP contribution >= 0.6 is 0 Å². The van der Waals surface area contributed by atoms with E-state index in [1.54, 1.807) is 0 Å². The summed E-state index contributed by atoms with van der Waals surface area (Å²) in [7, 11) is 0. The van der Waals surface area contributed by atoms with Crippen molar-refractivity contribution in [2.45, 2.75) is 6.42 Å². The molecule has 0 atom stereocenters. The number of hydrogen-bond acceptors (Lipinski definition) is 3. The fourth-order valence-corrected chi connectivity index (χ4v) is 2.48. The molecule has 1 heterocycles. The van der Waals surface area contributed by atoms with E-state index in [1.165, 1.54) is 16.7 Å². The third-order valence-electron chi connectivity index (χ3n) is 3.70. The lowest BCUT2D eigenvalue weighted by atomic mass is 10.0. The van der Waals surface area contributed by atoms with Crippen LogP contribution in [0.15, 0.2) is 59.6 Å². The Morgan fingerprint density at radius 3 is 2.30 bits per heavy atom. The van der Waals surface area contributed by atoms with Gasteiger partial charge in [-0.05, 0) is 23.1 Å². The van der Waals surface area contributed by atoms with Gasteiger partial charge in [0, 0.05) is 13.1 Å². The summed E-state index contributed by atoms with van der Waals surface area (Å²) in [6.07, 6.45) is 1.01. The highest BCUT2D eigenvalue weighted by atomic mass is 15.3. The van der Waals surface area contributed by atoms with Crippen LogP contribution in [0.4, 0.5) is 0 Å². The van der Waals surface area contributed by atoms with Gasteiger partial charge in [-0.3, -0.25) is 4.99 Å². The zero-order chi connectivity index (χ0) is 13.8. The lowest BCUT2D eigenvalue weighted by Crippen LogP contribution is -2.35. The van der Waals surface area contributed by atoms with E-state index in [0.717, 1.165) is 26.1 Å². The average molecular weight is 265 g/mol. The molecule has 3 rings (SSSR count).